The van der Waals surface area contributed by atoms with Gasteiger partial charge in [0, 0.05) is 0 Å². The highest BCUT2D eigenvalue weighted by atomic mass is 14.8. The second-order valence-corrected chi connectivity index (χ2v) is 6.86. The zero-order valence-corrected chi connectivity index (χ0v) is 9.86. The van der Waals surface area contributed by atoms with E-state index in [1.165, 1.54) is 25.7 Å². The maximum absolute atomic E-state index is 2.69. The summed E-state index contributed by atoms with van der Waals surface area (Å²) in [6, 6.07) is 0. The molecule has 3 saturated carbocycles. The number of rotatable bonds is 0. The van der Waals surface area contributed by atoms with E-state index in [1.54, 1.807) is 12.8 Å². The molecule has 6 atom stereocenters. The molecule has 0 heteroatoms. The average Bonchev–Trinajstić information content (AvgIpc) is 2.87. The number of allylic oxidation sites excluding steroid dienone is 4. The van der Waals surface area contributed by atoms with Crippen molar-refractivity contribution < 1.29 is 0 Å². The first-order chi connectivity index (χ1) is 7.91. The molecule has 1 spiro atoms. The van der Waals surface area contributed by atoms with E-state index in [2.05, 4.69) is 18.2 Å². The molecule has 0 amide bonds. The molecule has 0 nitrogen and oxygen atoms in total. The van der Waals surface area contributed by atoms with Crippen molar-refractivity contribution in [1.82, 2.24) is 0 Å². The van der Waals surface area contributed by atoms with Crippen molar-refractivity contribution in [3.63, 3.8) is 0 Å². The first-order valence-electron chi connectivity index (χ1n) is 7.31. The minimum Gasteiger partial charge on any atom is -0.0842 e. The van der Waals surface area contributed by atoms with Gasteiger partial charge in [-0.3, -0.25) is 0 Å². The summed E-state index contributed by atoms with van der Waals surface area (Å²) >= 11 is 0. The molecule has 3 fully saturated rings. The van der Waals surface area contributed by atoms with Gasteiger partial charge in [-0.25, -0.2) is 0 Å². The Bertz CT molecular complexity index is 416. The molecule has 0 aromatic rings. The third-order valence-electron chi connectivity index (χ3n) is 6.56. The van der Waals surface area contributed by atoms with Crippen LogP contribution in [0.15, 0.2) is 23.8 Å². The Morgan fingerprint density at radius 3 is 3.12 bits per heavy atom. The zero-order valence-electron chi connectivity index (χ0n) is 9.86. The number of hydrogen-bond donors (Lipinski definition) is 0. The Morgan fingerprint density at radius 2 is 2.12 bits per heavy atom. The maximum Gasteiger partial charge on any atom is -0.00136 e. The van der Waals surface area contributed by atoms with E-state index in [0.717, 1.165) is 35.0 Å². The van der Waals surface area contributed by atoms with Gasteiger partial charge in [0.1, 0.15) is 0 Å². The van der Waals surface area contributed by atoms with Gasteiger partial charge in [-0.2, -0.15) is 0 Å². The van der Waals surface area contributed by atoms with Crippen LogP contribution in [0.1, 0.15) is 38.5 Å². The molecule has 6 aliphatic carbocycles. The molecule has 0 N–H and O–H groups in total. The van der Waals surface area contributed by atoms with Gasteiger partial charge in [0.15, 0.2) is 0 Å². The highest BCUT2D eigenvalue weighted by molar-refractivity contribution is 5.41. The largest absolute Gasteiger partial charge is 0.0842 e. The van der Waals surface area contributed by atoms with Crippen LogP contribution in [0, 0.1) is 35.0 Å². The Morgan fingerprint density at radius 1 is 1.12 bits per heavy atom. The lowest BCUT2D eigenvalue weighted by molar-refractivity contribution is 0.187. The van der Waals surface area contributed by atoms with E-state index in [4.69, 9.17) is 0 Å². The lowest BCUT2D eigenvalue weighted by Gasteiger charge is -2.36. The molecule has 0 aliphatic heterocycles. The van der Waals surface area contributed by atoms with Crippen LogP contribution in [0.4, 0.5) is 0 Å². The van der Waals surface area contributed by atoms with Gasteiger partial charge < -0.3 is 0 Å². The van der Waals surface area contributed by atoms with Crippen molar-refractivity contribution in [2.24, 2.45) is 35.0 Å². The molecule has 0 aromatic heterocycles. The molecule has 0 radical (unpaired) electrons. The van der Waals surface area contributed by atoms with Crippen LogP contribution in [0.25, 0.3) is 0 Å². The van der Waals surface area contributed by atoms with E-state index in [1.807, 2.05) is 5.57 Å². The summed E-state index contributed by atoms with van der Waals surface area (Å²) in [5.41, 5.74) is 2.64. The molecule has 6 aliphatic rings. The van der Waals surface area contributed by atoms with E-state index < -0.39 is 0 Å². The predicted molar refractivity (Wildman–Crippen MR) is 64.8 cm³/mol. The van der Waals surface area contributed by atoms with Gasteiger partial charge in [0.25, 0.3) is 0 Å². The lowest BCUT2D eigenvalue weighted by Crippen LogP contribution is -2.29. The predicted octanol–water partition coefficient (Wildman–Crippen LogP) is 3.95. The number of hydrogen-bond acceptors (Lipinski definition) is 0. The summed E-state index contributed by atoms with van der Waals surface area (Å²) in [4.78, 5) is 0. The summed E-state index contributed by atoms with van der Waals surface area (Å²) in [5.74, 6) is 5.07. The summed E-state index contributed by atoms with van der Waals surface area (Å²) in [6.07, 6.45) is 16.9. The SMILES string of the molecule is C1=CC2C3CC4C1C=C1CCCCCC14C23. The summed E-state index contributed by atoms with van der Waals surface area (Å²) in [6.45, 7) is 0. The minimum atomic E-state index is 0.722. The summed E-state index contributed by atoms with van der Waals surface area (Å²) < 4.78 is 0. The third-order valence-corrected chi connectivity index (χ3v) is 6.56. The molecule has 0 saturated heterocycles. The molecule has 6 rings (SSSR count). The monoisotopic (exact) mass is 212 g/mol. The van der Waals surface area contributed by atoms with E-state index in [9.17, 15) is 0 Å². The Kier molecular flexibility index (Phi) is 1.33. The van der Waals surface area contributed by atoms with Crippen LogP contribution in [0.2, 0.25) is 0 Å². The van der Waals surface area contributed by atoms with Crippen LogP contribution in [0.3, 0.4) is 0 Å². The van der Waals surface area contributed by atoms with Gasteiger partial charge in [-0.15, -0.1) is 0 Å². The van der Waals surface area contributed by atoms with Crippen molar-refractivity contribution in [3.8, 4) is 0 Å². The Hall–Kier alpha value is -0.520. The van der Waals surface area contributed by atoms with E-state index >= 15 is 0 Å². The first-order valence-corrected chi connectivity index (χ1v) is 7.31. The van der Waals surface area contributed by atoms with Crippen molar-refractivity contribution in [2.75, 3.05) is 0 Å². The smallest absolute Gasteiger partial charge is 0.00136 e. The van der Waals surface area contributed by atoms with Gasteiger partial charge in [0.2, 0.25) is 0 Å². The topological polar surface area (TPSA) is 0 Å². The summed E-state index contributed by atoms with van der Waals surface area (Å²) in [7, 11) is 0. The minimum absolute atomic E-state index is 0.722. The quantitative estimate of drug-likeness (QED) is 0.533. The maximum atomic E-state index is 2.69. The Labute approximate surface area is 97.8 Å². The van der Waals surface area contributed by atoms with Gasteiger partial charge in [0.05, 0.1) is 0 Å². The molecule has 84 valence electrons. The highest BCUT2D eigenvalue weighted by Gasteiger charge is 2.72. The normalized spacial score (nSPS) is 60.0. The van der Waals surface area contributed by atoms with Crippen LogP contribution in [-0.2, 0) is 0 Å². The van der Waals surface area contributed by atoms with Crippen molar-refractivity contribution in [1.29, 1.82) is 0 Å². The van der Waals surface area contributed by atoms with Gasteiger partial charge >= 0.3 is 0 Å². The lowest BCUT2D eigenvalue weighted by atomic mass is 9.68. The van der Waals surface area contributed by atoms with Crippen molar-refractivity contribution in [3.05, 3.63) is 23.8 Å². The fraction of sp³-hybridized carbons (Fsp3) is 0.750. The van der Waals surface area contributed by atoms with Gasteiger partial charge in [-0.05, 0) is 60.7 Å². The van der Waals surface area contributed by atoms with Crippen LogP contribution in [-0.4, -0.2) is 0 Å². The van der Waals surface area contributed by atoms with Crippen LogP contribution in [0.5, 0.6) is 0 Å². The fourth-order valence-electron chi connectivity index (χ4n) is 6.08. The van der Waals surface area contributed by atoms with Crippen LogP contribution < -0.4 is 0 Å². The standard InChI is InChI=1S/C16H20/c1-2-4-11-8-10-5-6-12-13-9-14(10)16(11,7-3-1)15(12)13/h5-6,8,10,12-15H,1-4,7,9H2. The fourth-order valence-corrected chi connectivity index (χ4v) is 6.08. The Balaban J connectivity index is 1.73. The van der Waals surface area contributed by atoms with Gasteiger partial charge in [-0.1, -0.05) is 36.6 Å². The average molecular weight is 212 g/mol. The molecule has 0 aromatic carbocycles. The highest BCUT2D eigenvalue weighted by Crippen LogP contribution is 2.78. The van der Waals surface area contributed by atoms with E-state index in [0.29, 0.717) is 0 Å². The third kappa shape index (κ3) is 0.734. The zero-order chi connectivity index (χ0) is 10.3. The van der Waals surface area contributed by atoms with Crippen molar-refractivity contribution >= 4 is 0 Å². The molecule has 6 unspecified atom stereocenters. The second kappa shape index (κ2) is 2.49. The molecule has 16 heavy (non-hydrogen) atoms. The molecular weight excluding hydrogens is 192 g/mol. The first kappa shape index (κ1) is 8.55. The van der Waals surface area contributed by atoms with Crippen LogP contribution >= 0.6 is 0 Å². The molecule has 0 heterocycles. The van der Waals surface area contributed by atoms with Crippen molar-refractivity contribution in [2.45, 2.75) is 38.5 Å². The second-order valence-electron chi connectivity index (χ2n) is 6.86. The van der Waals surface area contributed by atoms with E-state index in [-0.39, 0.29) is 0 Å². The molecule has 6 bridgehead atoms. The molecular formula is C16H20. The summed E-state index contributed by atoms with van der Waals surface area (Å²) in [5, 5.41) is 0.